The molecule has 5 heteroatoms. The lowest BCUT2D eigenvalue weighted by atomic mass is 9.98. The van der Waals surface area contributed by atoms with Crippen LogP contribution < -0.4 is 0 Å². The smallest absolute Gasteiger partial charge is 0.182 e. The number of carbonyl (C=O) groups is 1. The summed E-state index contributed by atoms with van der Waals surface area (Å²) in [6, 6.07) is 9.60. The third kappa shape index (κ3) is 3.61. The topological polar surface area (TPSA) is 82.5 Å². The minimum absolute atomic E-state index is 0.0357. The van der Waals surface area contributed by atoms with Crippen molar-refractivity contribution < 1.29 is 4.79 Å². The Kier molecular flexibility index (Phi) is 5.39. The number of hydrogen-bond acceptors (Lipinski definition) is 4. The first kappa shape index (κ1) is 18.4. The fourth-order valence-corrected chi connectivity index (χ4v) is 2.79. The normalized spacial score (nSPS) is 10.8. The molecule has 0 aliphatic heterocycles. The van der Waals surface area contributed by atoms with Gasteiger partial charge >= 0.3 is 0 Å². The molecule has 0 spiro atoms. The SMILES string of the molecule is Cc1cc(-c2nn(C(C)C)c(C(=O)CC(C)C)c2C#N)ccc1C#N. The lowest BCUT2D eigenvalue weighted by molar-refractivity contribution is 0.0955. The van der Waals surface area contributed by atoms with Crippen LogP contribution in [0.3, 0.4) is 0 Å². The van der Waals surface area contributed by atoms with E-state index in [1.54, 1.807) is 16.8 Å². The predicted molar refractivity (Wildman–Crippen MR) is 96.0 cm³/mol. The Balaban J connectivity index is 2.68. The van der Waals surface area contributed by atoms with Crippen LogP contribution in [0.25, 0.3) is 11.3 Å². The molecular weight excluding hydrogens is 312 g/mol. The van der Waals surface area contributed by atoms with Gasteiger partial charge in [0.25, 0.3) is 0 Å². The van der Waals surface area contributed by atoms with Crippen molar-refractivity contribution in [2.45, 2.75) is 47.1 Å². The highest BCUT2D eigenvalue weighted by atomic mass is 16.1. The minimum atomic E-state index is -0.0654. The molecule has 0 aliphatic rings. The first-order valence-electron chi connectivity index (χ1n) is 8.37. The predicted octanol–water partition coefficient (Wildman–Crippen LogP) is 4.41. The van der Waals surface area contributed by atoms with Gasteiger partial charge in [-0.3, -0.25) is 9.48 Å². The molecule has 0 N–H and O–H groups in total. The van der Waals surface area contributed by atoms with Crippen molar-refractivity contribution in [3.63, 3.8) is 0 Å². The van der Waals surface area contributed by atoms with Gasteiger partial charge in [-0.2, -0.15) is 15.6 Å². The first-order valence-corrected chi connectivity index (χ1v) is 8.37. The molecule has 0 radical (unpaired) electrons. The molecule has 2 rings (SSSR count). The summed E-state index contributed by atoms with van der Waals surface area (Å²) in [7, 11) is 0. The van der Waals surface area contributed by atoms with Gasteiger partial charge in [-0.05, 0) is 44.4 Å². The average Bonchev–Trinajstić information content (AvgIpc) is 2.93. The Morgan fingerprint density at radius 2 is 1.88 bits per heavy atom. The summed E-state index contributed by atoms with van der Waals surface area (Å²) in [5.74, 6) is 0.138. The summed E-state index contributed by atoms with van der Waals surface area (Å²) in [6.45, 7) is 9.68. The first-order chi connectivity index (χ1) is 11.8. The van der Waals surface area contributed by atoms with Crippen molar-refractivity contribution in [3.8, 4) is 23.4 Å². The fraction of sp³-hybridized carbons (Fsp3) is 0.400. The molecule has 0 amide bonds. The van der Waals surface area contributed by atoms with E-state index in [1.165, 1.54) is 0 Å². The number of hydrogen-bond donors (Lipinski definition) is 0. The number of rotatable bonds is 5. The summed E-state index contributed by atoms with van der Waals surface area (Å²) in [5.41, 5.74) is 3.33. The molecule has 0 fully saturated rings. The van der Waals surface area contributed by atoms with Crippen molar-refractivity contribution in [3.05, 3.63) is 40.6 Å². The summed E-state index contributed by atoms with van der Waals surface area (Å²) < 4.78 is 1.64. The Morgan fingerprint density at radius 3 is 2.36 bits per heavy atom. The monoisotopic (exact) mass is 334 g/mol. The van der Waals surface area contributed by atoms with Crippen molar-refractivity contribution in [1.82, 2.24) is 9.78 Å². The van der Waals surface area contributed by atoms with Crippen molar-refractivity contribution in [2.24, 2.45) is 5.92 Å². The Hall–Kier alpha value is -2.92. The minimum Gasteiger partial charge on any atom is -0.292 e. The van der Waals surface area contributed by atoms with E-state index >= 15 is 0 Å². The molecule has 5 nitrogen and oxygen atoms in total. The van der Waals surface area contributed by atoms with E-state index in [1.807, 2.05) is 40.7 Å². The van der Waals surface area contributed by atoms with Gasteiger partial charge in [0.05, 0.1) is 11.6 Å². The van der Waals surface area contributed by atoms with Crippen LogP contribution in [0.2, 0.25) is 0 Å². The highest BCUT2D eigenvalue weighted by Gasteiger charge is 2.26. The van der Waals surface area contributed by atoms with Crippen LogP contribution >= 0.6 is 0 Å². The third-order valence-corrected chi connectivity index (χ3v) is 3.99. The number of Topliss-reactive ketones (excluding diaryl/α,β-unsaturated/α-hetero) is 1. The number of aryl methyl sites for hydroxylation is 1. The molecule has 0 aliphatic carbocycles. The van der Waals surface area contributed by atoms with Gasteiger partial charge in [0.1, 0.15) is 23.0 Å². The van der Waals surface area contributed by atoms with Crippen molar-refractivity contribution >= 4 is 5.78 Å². The second-order valence-electron chi connectivity index (χ2n) is 6.88. The molecule has 0 atom stereocenters. The quantitative estimate of drug-likeness (QED) is 0.758. The lowest BCUT2D eigenvalue weighted by Gasteiger charge is -2.11. The Labute approximate surface area is 148 Å². The molecule has 0 saturated carbocycles. The maximum atomic E-state index is 12.7. The van der Waals surface area contributed by atoms with Gasteiger partial charge in [0, 0.05) is 18.0 Å². The molecular formula is C20H22N4O. The summed E-state index contributed by atoms with van der Waals surface area (Å²) >= 11 is 0. The zero-order valence-electron chi connectivity index (χ0n) is 15.3. The van der Waals surface area contributed by atoms with Crippen LogP contribution in [0.15, 0.2) is 18.2 Å². The van der Waals surface area contributed by atoms with Crippen LogP contribution in [0, 0.1) is 35.5 Å². The van der Waals surface area contributed by atoms with Gasteiger partial charge in [-0.25, -0.2) is 0 Å². The lowest BCUT2D eigenvalue weighted by Crippen LogP contribution is -2.15. The van der Waals surface area contributed by atoms with Crippen LogP contribution in [0.4, 0.5) is 0 Å². The Morgan fingerprint density at radius 1 is 1.20 bits per heavy atom. The number of ketones is 1. The van der Waals surface area contributed by atoms with E-state index in [9.17, 15) is 10.1 Å². The van der Waals surface area contributed by atoms with Gasteiger partial charge in [-0.15, -0.1) is 0 Å². The van der Waals surface area contributed by atoms with E-state index in [0.717, 1.165) is 11.1 Å². The van der Waals surface area contributed by atoms with E-state index in [-0.39, 0.29) is 17.7 Å². The summed E-state index contributed by atoms with van der Waals surface area (Å²) in [6.07, 6.45) is 0.374. The fourth-order valence-electron chi connectivity index (χ4n) is 2.79. The second-order valence-corrected chi connectivity index (χ2v) is 6.88. The molecule has 0 unspecified atom stereocenters. The van der Waals surface area contributed by atoms with Crippen LogP contribution in [-0.4, -0.2) is 15.6 Å². The van der Waals surface area contributed by atoms with Gasteiger partial charge in [-0.1, -0.05) is 19.9 Å². The highest BCUT2D eigenvalue weighted by Crippen LogP contribution is 2.29. The van der Waals surface area contributed by atoms with Crippen LogP contribution in [0.1, 0.15) is 67.3 Å². The van der Waals surface area contributed by atoms with Crippen LogP contribution in [-0.2, 0) is 0 Å². The number of aromatic nitrogens is 2. The van der Waals surface area contributed by atoms with Crippen LogP contribution in [0.5, 0.6) is 0 Å². The van der Waals surface area contributed by atoms with Crippen molar-refractivity contribution in [1.29, 1.82) is 10.5 Å². The Bertz CT molecular complexity index is 892. The van der Waals surface area contributed by atoms with Crippen molar-refractivity contribution in [2.75, 3.05) is 0 Å². The maximum Gasteiger partial charge on any atom is 0.182 e. The molecule has 1 aromatic carbocycles. The zero-order chi connectivity index (χ0) is 18.7. The summed E-state index contributed by atoms with van der Waals surface area (Å²) in [4.78, 5) is 12.7. The molecule has 1 heterocycles. The highest BCUT2D eigenvalue weighted by molar-refractivity contribution is 5.99. The van der Waals surface area contributed by atoms with Gasteiger partial charge in [0.15, 0.2) is 5.78 Å². The van der Waals surface area contributed by atoms with E-state index in [4.69, 9.17) is 5.26 Å². The van der Waals surface area contributed by atoms with E-state index < -0.39 is 0 Å². The molecule has 0 saturated heterocycles. The second kappa shape index (κ2) is 7.32. The molecule has 0 bridgehead atoms. The molecule has 1 aromatic heterocycles. The molecule has 2 aromatic rings. The molecule has 25 heavy (non-hydrogen) atoms. The number of carbonyl (C=O) groups excluding carboxylic acids is 1. The standard InChI is InChI=1S/C20H22N4O/c1-12(2)8-18(25)20-17(11-22)19(23-24(20)13(3)4)15-6-7-16(10-21)14(5)9-15/h6-7,9,12-13H,8H2,1-5H3. The summed E-state index contributed by atoms with van der Waals surface area (Å²) in [5, 5.41) is 23.4. The van der Waals surface area contributed by atoms with E-state index in [2.05, 4.69) is 17.2 Å². The third-order valence-electron chi connectivity index (χ3n) is 3.99. The zero-order valence-corrected chi connectivity index (χ0v) is 15.3. The largest absolute Gasteiger partial charge is 0.292 e. The van der Waals surface area contributed by atoms with Gasteiger partial charge < -0.3 is 0 Å². The number of nitriles is 2. The maximum absolute atomic E-state index is 12.7. The molecule has 128 valence electrons. The number of benzene rings is 1. The average molecular weight is 334 g/mol. The number of nitrogens with zero attached hydrogens (tertiary/aromatic N) is 4. The van der Waals surface area contributed by atoms with Gasteiger partial charge in [0.2, 0.25) is 0 Å². The van der Waals surface area contributed by atoms with E-state index in [0.29, 0.717) is 28.9 Å².